The molecule has 1 fully saturated rings. The number of nitrogens with one attached hydrogen (secondary N) is 1. The maximum atomic E-state index is 10.7. The summed E-state index contributed by atoms with van der Waals surface area (Å²) in [5, 5.41) is 10.5. The van der Waals surface area contributed by atoms with Crippen molar-refractivity contribution in [2.75, 3.05) is 0 Å². The molecule has 0 aromatic carbocycles. The average Bonchev–Trinajstić information content (AvgIpc) is 1.94. The highest BCUT2D eigenvalue weighted by Crippen LogP contribution is 2.17. The van der Waals surface area contributed by atoms with Gasteiger partial charge in [0, 0.05) is 6.04 Å². The van der Waals surface area contributed by atoms with E-state index in [1.54, 1.807) is 0 Å². The fraction of sp³-hybridized carbons (Fsp3) is 0.571. The number of amides is 1. The zero-order chi connectivity index (χ0) is 9.14. The summed E-state index contributed by atoms with van der Waals surface area (Å²) >= 11 is 0. The van der Waals surface area contributed by atoms with E-state index in [9.17, 15) is 14.4 Å². The molecule has 1 amide bonds. The summed E-state index contributed by atoms with van der Waals surface area (Å²) in [4.78, 5) is 31.3. The fourth-order valence-electron chi connectivity index (χ4n) is 0.901. The summed E-state index contributed by atoms with van der Waals surface area (Å²) in [6.45, 7) is 0. The largest absolute Gasteiger partial charge is 0.475 e. The summed E-state index contributed by atoms with van der Waals surface area (Å²) in [5.74, 6) is -4.10. The molecule has 1 rings (SSSR count). The van der Waals surface area contributed by atoms with Gasteiger partial charge in [0.25, 0.3) is 5.91 Å². The van der Waals surface area contributed by atoms with E-state index >= 15 is 0 Å². The van der Waals surface area contributed by atoms with E-state index in [2.05, 4.69) is 5.32 Å². The summed E-state index contributed by atoms with van der Waals surface area (Å²) < 4.78 is 0. The van der Waals surface area contributed by atoms with E-state index in [0.717, 1.165) is 19.3 Å². The predicted octanol–water partition coefficient (Wildman–Crippen LogP) is -0.691. The summed E-state index contributed by atoms with van der Waals surface area (Å²) in [6.07, 6.45) is 2.68. The van der Waals surface area contributed by atoms with Crippen molar-refractivity contribution in [2.45, 2.75) is 25.3 Å². The monoisotopic (exact) mass is 171 g/mol. The van der Waals surface area contributed by atoms with Crippen LogP contribution < -0.4 is 5.32 Å². The van der Waals surface area contributed by atoms with E-state index in [1.165, 1.54) is 0 Å². The summed E-state index contributed by atoms with van der Waals surface area (Å²) in [5.41, 5.74) is 0. The molecule has 0 heterocycles. The van der Waals surface area contributed by atoms with Gasteiger partial charge in [-0.25, -0.2) is 4.79 Å². The van der Waals surface area contributed by atoms with Crippen LogP contribution in [0.4, 0.5) is 0 Å². The number of hydrogen-bond acceptors (Lipinski definition) is 3. The smallest absolute Gasteiger partial charge is 0.382 e. The number of hydrogen-bond donors (Lipinski definition) is 2. The molecule has 0 aromatic heterocycles. The van der Waals surface area contributed by atoms with Gasteiger partial charge in [0.1, 0.15) is 0 Å². The van der Waals surface area contributed by atoms with Crippen LogP contribution in [-0.2, 0) is 14.4 Å². The lowest BCUT2D eigenvalue weighted by Crippen LogP contribution is -2.44. The molecule has 5 nitrogen and oxygen atoms in total. The lowest BCUT2D eigenvalue weighted by Gasteiger charge is -2.25. The van der Waals surface area contributed by atoms with E-state index in [0.29, 0.717) is 0 Å². The Morgan fingerprint density at radius 3 is 2.17 bits per heavy atom. The molecule has 0 spiro atoms. The lowest BCUT2D eigenvalue weighted by atomic mass is 9.93. The second-order valence-corrected chi connectivity index (χ2v) is 2.74. The van der Waals surface area contributed by atoms with Crippen LogP contribution in [0.25, 0.3) is 0 Å². The normalized spacial score (nSPS) is 16.3. The zero-order valence-corrected chi connectivity index (χ0v) is 6.37. The molecule has 0 atom stereocenters. The van der Waals surface area contributed by atoms with Gasteiger partial charge in [-0.2, -0.15) is 0 Å². The second kappa shape index (κ2) is 3.34. The summed E-state index contributed by atoms with van der Waals surface area (Å²) in [7, 11) is 0. The standard InChI is InChI=1S/C7H9NO4/c9-5(7(11)12)6(10)8-4-2-1-3-4/h4H,1-3H2,(H,8,10)(H,11,12). The number of carbonyl (C=O) groups is 3. The van der Waals surface area contributed by atoms with Crippen molar-refractivity contribution in [2.24, 2.45) is 0 Å². The summed E-state index contributed by atoms with van der Waals surface area (Å²) in [6, 6.07) is 0.000741. The highest BCUT2D eigenvalue weighted by Gasteiger charge is 2.26. The molecule has 0 saturated heterocycles. The van der Waals surface area contributed by atoms with Crippen LogP contribution >= 0.6 is 0 Å². The molecule has 0 unspecified atom stereocenters. The van der Waals surface area contributed by atoms with Crippen molar-refractivity contribution in [3.63, 3.8) is 0 Å². The third-order valence-corrected chi connectivity index (χ3v) is 1.84. The SMILES string of the molecule is O=C(O)C(=O)C(=O)NC1CCC1. The molecule has 1 aliphatic carbocycles. The molecule has 66 valence electrons. The molecule has 12 heavy (non-hydrogen) atoms. The average molecular weight is 171 g/mol. The zero-order valence-electron chi connectivity index (χ0n) is 6.37. The van der Waals surface area contributed by atoms with Crippen LogP contribution in [0.3, 0.4) is 0 Å². The number of Topliss-reactive ketones (excluding diaryl/α,β-unsaturated/α-hetero) is 1. The minimum absolute atomic E-state index is 0.000741. The Morgan fingerprint density at radius 1 is 1.25 bits per heavy atom. The van der Waals surface area contributed by atoms with Gasteiger partial charge in [-0.05, 0) is 19.3 Å². The first kappa shape index (κ1) is 8.70. The lowest BCUT2D eigenvalue weighted by molar-refractivity contribution is -0.153. The van der Waals surface area contributed by atoms with Crippen LogP contribution in [0.5, 0.6) is 0 Å². The van der Waals surface area contributed by atoms with Crippen LogP contribution in [0, 0.1) is 0 Å². The third-order valence-electron chi connectivity index (χ3n) is 1.84. The van der Waals surface area contributed by atoms with Crippen LogP contribution in [0.15, 0.2) is 0 Å². The van der Waals surface area contributed by atoms with E-state index < -0.39 is 17.7 Å². The number of carbonyl (C=O) groups excluding carboxylic acids is 2. The Morgan fingerprint density at radius 2 is 1.83 bits per heavy atom. The van der Waals surface area contributed by atoms with Crippen molar-refractivity contribution in [3.05, 3.63) is 0 Å². The van der Waals surface area contributed by atoms with Gasteiger partial charge in [0.2, 0.25) is 0 Å². The highest BCUT2D eigenvalue weighted by molar-refractivity contribution is 6.61. The first-order valence-corrected chi connectivity index (χ1v) is 3.69. The molecule has 0 aromatic rings. The maximum absolute atomic E-state index is 10.7. The molecule has 2 N–H and O–H groups in total. The van der Waals surface area contributed by atoms with Gasteiger partial charge in [0.15, 0.2) is 0 Å². The Labute approximate surface area is 68.8 Å². The first-order valence-electron chi connectivity index (χ1n) is 3.69. The molecular weight excluding hydrogens is 162 g/mol. The highest BCUT2D eigenvalue weighted by atomic mass is 16.4. The van der Waals surface area contributed by atoms with Crippen molar-refractivity contribution < 1.29 is 19.5 Å². The van der Waals surface area contributed by atoms with Crippen molar-refractivity contribution in [3.8, 4) is 0 Å². The molecule has 1 saturated carbocycles. The van der Waals surface area contributed by atoms with Gasteiger partial charge in [0.05, 0.1) is 0 Å². The van der Waals surface area contributed by atoms with Crippen LogP contribution in [0.1, 0.15) is 19.3 Å². The minimum atomic E-state index is -1.70. The number of ketones is 1. The first-order chi connectivity index (χ1) is 5.61. The van der Waals surface area contributed by atoms with E-state index in [1.807, 2.05) is 0 Å². The van der Waals surface area contributed by atoms with Crippen LogP contribution in [-0.4, -0.2) is 28.8 Å². The fourth-order valence-corrected chi connectivity index (χ4v) is 0.901. The quantitative estimate of drug-likeness (QED) is 0.435. The molecule has 5 heteroatoms. The second-order valence-electron chi connectivity index (χ2n) is 2.74. The molecule has 0 radical (unpaired) electrons. The Bertz CT molecular complexity index is 232. The van der Waals surface area contributed by atoms with Gasteiger partial charge < -0.3 is 10.4 Å². The topological polar surface area (TPSA) is 83.5 Å². The number of carboxylic acids is 1. The molecule has 0 aliphatic heterocycles. The third kappa shape index (κ3) is 1.81. The maximum Gasteiger partial charge on any atom is 0.382 e. The Balaban J connectivity index is 2.36. The van der Waals surface area contributed by atoms with Gasteiger partial charge in [-0.3, -0.25) is 9.59 Å². The number of rotatable bonds is 3. The number of aliphatic carboxylic acids is 1. The minimum Gasteiger partial charge on any atom is -0.475 e. The van der Waals surface area contributed by atoms with Gasteiger partial charge in [-0.15, -0.1) is 0 Å². The molecule has 1 aliphatic rings. The number of carboxylic acid groups (broad SMARTS) is 1. The van der Waals surface area contributed by atoms with Crippen molar-refractivity contribution >= 4 is 17.7 Å². The Kier molecular flexibility index (Phi) is 2.42. The van der Waals surface area contributed by atoms with E-state index in [4.69, 9.17) is 5.11 Å². The Hall–Kier alpha value is -1.39. The van der Waals surface area contributed by atoms with E-state index in [-0.39, 0.29) is 6.04 Å². The van der Waals surface area contributed by atoms with Crippen LogP contribution in [0.2, 0.25) is 0 Å². The van der Waals surface area contributed by atoms with Crippen molar-refractivity contribution in [1.29, 1.82) is 0 Å². The van der Waals surface area contributed by atoms with Gasteiger partial charge >= 0.3 is 11.8 Å². The predicted molar refractivity (Wildman–Crippen MR) is 38.4 cm³/mol. The molecular formula is C7H9NO4. The van der Waals surface area contributed by atoms with Gasteiger partial charge in [-0.1, -0.05) is 0 Å². The molecule has 0 bridgehead atoms. The van der Waals surface area contributed by atoms with Crippen molar-refractivity contribution in [1.82, 2.24) is 5.32 Å².